The molecule has 3 rings (SSSR count). The molecule has 0 unspecified atom stereocenters. The number of benzene rings is 2. The molecular weight excluding hydrogens is 510 g/mol. The smallest absolute Gasteiger partial charge is 0.277 e. The second-order valence-corrected chi connectivity index (χ2v) is 7.78. The highest BCUT2D eigenvalue weighted by molar-refractivity contribution is 9.10. The molecule has 0 aliphatic heterocycles. The van der Waals surface area contributed by atoms with Gasteiger partial charge in [-0.15, -0.1) is 0 Å². The Bertz CT molecular complexity index is 1240. The molecule has 4 N–H and O–H groups in total. The normalized spacial score (nSPS) is 12.8. The summed E-state index contributed by atoms with van der Waals surface area (Å²) in [6, 6.07) is 2.63. The Labute approximate surface area is 193 Å². The van der Waals surface area contributed by atoms with Gasteiger partial charge < -0.3 is 16.4 Å². The second-order valence-electron chi connectivity index (χ2n) is 6.97. The van der Waals surface area contributed by atoms with Crippen molar-refractivity contribution in [1.82, 2.24) is 14.9 Å². The average Bonchev–Trinajstić information content (AvgIpc) is 2.76. The highest BCUT2D eigenvalue weighted by atomic mass is 79.9. The summed E-state index contributed by atoms with van der Waals surface area (Å²) >= 11 is 3.07. The van der Waals surface area contributed by atoms with Crippen LogP contribution in [0.3, 0.4) is 0 Å². The Balaban J connectivity index is 2.22. The lowest BCUT2D eigenvalue weighted by atomic mass is 9.98. The van der Waals surface area contributed by atoms with E-state index in [-0.39, 0.29) is 27.2 Å². The fourth-order valence-corrected chi connectivity index (χ4v) is 3.53. The average molecular weight is 526 g/mol. The van der Waals surface area contributed by atoms with E-state index in [1.165, 1.54) is 19.2 Å². The van der Waals surface area contributed by atoms with Gasteiger partial charge in [0.05, 0.1) is 12.2 Å². The SMILES string of the molecule is C[C@@H](c1ccc(F)c(F)c1)N(C(=O)c1nc(Br)cnc1N)[C@H](C(N)=O)c1ccc(F)c(F)c1. The number of carbonyl (C=O) groups excluding carboxylic acids is 2. The summed E-state index contributed by atoms with van der Waals surface area (Å²) in [6.45, 7) is 1.40. The zero-order valence-corrected chi connectivity index (χ0v) is 18.5. The van der Waals surface area contributed by atoms with E-state index in [1.54, 1.807) is 0 Å². The first-order valence-corrected chi connectivity index (χ1v) is 10.1. The third-order valence-corrected chi connectivity index (χ3v) is 5.24. The van der Waals surface area contributed by atoms with Gasteiger partial charge in [-0.05, 0) is 58.2 Å². The van der Waals surface area contributed by atoms with E-state index in [2.05, 4.69) is 25.9 Å². The van der Waals surface area contributed by atoms with Gasteiger partial charge in [0, 0.05) is 0 Å². The molecule has 0 aliphatic rings. The Kier molecular flexibility index (Phi) is 6.96. The molecule has 0 saturated carbocycles. The predicted molar refractivity (Wildman–Crippen MR) is 113 cm³/mol. The van der Waals surface area contributed by atoms with Crippen LogP contribution in [0, 0.1) is 23.3 Å². The number of nitrogens with zero attached hydrogens (tertiary/aromatic N) is 3. The van der Waals surface area contributed by atoms with Gasteiger partial charge in [0.2, 0.25) is 5.91 Å². The number of primary amides is 1. The van der Waals surface area contributed by atoms with E-state index in [0.29, 0.717) is 6.07 Å². The summed E-state index contributed by atoms with van der Waals surface area (Å²) in [6.07, 6.45) is 1.23. The van der Waals surface area contributed by atoms with Gasteiger partial charge >= 0.3 is 0 Å². The van der Waals surface area contributed by atoms with Crippen molar-refractivity contribution in [2.24, 2.45) is 5.73 Å². The second kappa shape index (κ2) is 9.53. The number of hydrogen-bond donors (Lipinski definition) is 2. The standard InChI is InChI=1S/C21H16BrF4N5O2/c1-9(10-2-4-12(23)14(25)6-10)31(21(33)17-19(27)29-8-16(22)30-17)18(20(28)32)11-3-5-13(24)15(26)7-11/h2-9,18H,1H3,(H2,27,29)(H2,28,32)/t9-,18-/m0/s1. The van der Waals surface area contributed by atoms with Crippen molar-refractivity contribution in [3.8, 4) is 0 Å². The highest BCUT2D eigenvalue weighted by Gasteiger charge is 2.37. The summed E-state index contributed by atoms with van der Waals surface area (Å²) in [4.78, 5) is 34.7. The van der Waals surface area contributed by atoms with Gasteiger partial charge in [-0.25, -0.2) is 27.5 Å². The first-order chi connectivity index (χ1) is 15.5. The van der Waals surface area contributed by atoms with Crippen LogP contribution in [-0.2, 0) is 4.79 Å². The maximum absolute atomic E-state index is 14.0. The summed E-state index contributed by atoms with van der Waals surface area (Å²) in [5.41, 5.74) is 10.9. The Hall–Kier alpha value is -3.54. The molecule has 0 aliphatic carbocycles. The largest absolute Gasteiger partial charge is 0.382 e. The molecule has 7 nitrogen and oxygen atoms in total. The van der Waals surface area contributed by atoms with Crippen LogP contribution in [0.2, 0.25) is 0 Å². The van der Waals surface area contributed by atoms with Gasteiger partial charge in [0.1, 0.15) is 10.6 Å². The molecule has 2 aromatic carbocycles. The Morgan fingerprint density at radius 2 is 1.52 bits per heavy atom. The zero-order valence-electron chi connectivity index (χ0n) is 16.9. The van der Waals surface area contributed by atoms with Crippen LogP contribution in [0.5, 0.6) is 0 Å². The van der Waals surface area contributed by atoms with Gasteiger partial charge in [-0.2, -0.15) is 0 Å². The molecule has 3 aromatic rings. The lowest BCUT2D eigenvalue weighted by molar-refractivity contribution is -0.123. The molecule has 12 heteroatoms. The molecule has 2 amide bonds. The lowest BCUT2D eigenvalue weighted by Crippen LogP contribution is -2.44. The first kappa shape index (κ1) is 24.1. The highest BCUT2D eigenvalue weighted by Crippen LogP contribution is 2.34. The molecule has 33 heavy (non-hydrogen) atoms. The minimum atomic E-state index is -1.66. The molecule has 1 aromatic heterocycles. The van der Waals surface area contributed by atoms with E-state index in [4.69, 9.17) is 11.5 Å². The number of aromatic nitrogens is 2. The Morgan fingerprint density at radius 1 is 0.970 bits per heavy atom. The van der Waals surface area contributed by atoms with Gasteiger partial charge in [-0.1, -0.05) is 12.1 Å². The number of amides is 2. The number of halogens is 5. The predicted octanol–water partition coefficient (Wildman–Crippen LogP) is 3.81. The van der Waals surface area contributed by atoms with Crippen molar-refractivity contribution in [2.75, 3.05) is 5.73 Å². The fourth-order valence-electron chi connectivity index (χ4n) is 3.25. The number of anilines is 1. The van der Waals surface area contributed by atoms with Crippen molar-refractivity contribution in [1.29, 1.82) is 0 Å². The molecule has 1 heterocycles. The minimum Gasteiger partial charge on any atom is -0.382 e. The number of carbonyl (C=O) groups is 2. The van der Waals surface area contributed by atoms with Crippen LogP contribution in [-0.4, -0.2) is 26.7 Å². The lowest BCUT2D eigenvalue weighted by Gasteiger charge is -2.35. The number of rotatable bonds is 6. The van der Waals surface area contributed by atoms with Crippen LogP contribution in [0.1, 0.15) is 40.6 Å². The van der Waals surface area contributed by atoms with E-state index in [0.717, 1.165) is 29.2 Å². The molecule has 2 atom stereocenters. The Morgan fingerprint density at radius 3 is 2.06 bits per heavy atom. The van der Waals surface area contributed by atoms with Crippen LogP contribution in [0.15, 0.2) is 47.2 Å². The van der Waals surface area contributed by atoms with Crippen molar-refractivity contribution >= 4 is 33.6 Å². The molecule has 0 fully saturated rings. The molecule has 172 valence electrons. The molecule has 0 bridgehead atoms. The maximum atomic E-state index is 14.0. The monoisotopic (exact) mass is 525 g/mol. The summed E-state index contributed by atoms with van der Waals surface area (Å²) in [7, 11) is 0. The summed E-state index contributed by atoms with van der Waals surface area (Å²) in [5.74, 6) is -7.16. The summed E-state index contributed by atoms with van der Waals surface area (Å²) in [5, 5.41) is 0. The number of nitrogen functional groups attached to an aromatic ring is 1. The maximum Gasteiger partial charge on any atom is 0.277 e. The molecular formula is C21H16BrF4N5O2. The summed E-state index contributed by atoms with van der Waals surface area (Å²) < 4.78 is 55.0. The van der Waals surface area contributed by atoms with Crippen molar-refractivity contribution < 1.29 is 27.2 Å². The van der Waals surface area contributed by atoms with E-state index >= 15 is 0 Å². The van der Waals surface area contributed by atoms with Gasteiger partial charge in [0.15, 0.2) is 34.8 Å². The van der Waals surface area contributed by atoms with Crippen molar-refractivity contribution in [3.63, 3.8) is 0 Å². The van der Waals surface area contributed by atoms with Crippen LogP contribution >= 0.6 is 15.9 Å². The molecule has 0 saturated heterocycles. The van der Waals surface area contributed by atoms with Crippen LogP contribution < -0.4 is 11.5 Å². The minimum absolute atomic E-state index is 0.0811. The molecule has 0 spiro atoms. The van der Waals surface area contributed by atoms with Gasteiger partial charge in [-0.3, -0.25) is 9.59 Å². The fraction of sp³-hybridized carbons (Fsp3) is 0.143. The van der Waals surface area contributed by atoms with Crippen molar-refractivity contribution in [3.05, 3.63) is 87.3 Å². The van der Waals surface area contributed by atoms with E-state index < -0.39 is 47.2 Å². The third kappa shape index (κ3) is 4.95. The van der Waals surface area contributed by atoms with Gasteiger partial charge in [0.25, 0.3) is 5.91 Å². The van der Waals surface area contributed by atoms with Crippen molar-refractivity contribution in [2.45, 2.75) is 19.0 Å². The first-order valence-electron chi connectivity index (χ1n) is 9.31. The topological polar surface area (TPSA) is 115 Å². The van der Waals surface area contributed by atoms with E-state index in [1.807, 2.05) is 0 Å². The quantitative estimate of drug-likeness (QED) is 0.475. The molecule has 0 radical (unpaired) electrons. The van der Waals surface area contributed by atoms with Crippen LogP contribution in [0.4, 0.5) is 23.4 Å². The van der Waals surface area contributed by atoms with E-state index in [9.17, 15) is 27.2 Å². The number of nitrogens with two attached hydrogens (primary N) is 2. The zero-order chi connectivity index (χ0) is 24.4. The van der Waals surface area contributed by atoms with Crippen LogP contribution in [0.25, 0.3) is 0 Å². The third-order valence-electron chi connectivity index (χ3n) is 4.86. The number of hydrogen-bond acceptors (Lipinski definition) is 5.